The van der Waals surface area contributed by atoms with Gasteiger partial charge in [-0.25, -0.2) is 0 Å². The van der Waals surface area contributed by atoms with Crippen LogP contribution < -0.4 is 11.1 Å². The molecule has 0 unspecified atom stereocenters. The number of carbonyl (C=O) groups excluding carboxylic acids is 1. The zero-order valence-corrected chi connectivity index (χ0v) is 10.2. The van der Waals surface area contributed by atoms with Crippen molar-refractivity contribution in [2.24, 2.45) is 7.05 Å². The molecule has 0 bridgehead atoms. The largest absolute Gasteiger partial charge is 0.399 e. The Bertz CT molecular complexity index is 757. The molecule has 1 amide bonds. The van der Waals surface area contributed by atoms with E-state index in [0.29, 0.717) is 22.6 Å². The Morgan fingerprint density at radius 2 is 2.26 bits per heavy atom. The van der Waals surface area contributed by atoms with Crippen LogP contribution in [0.25, 0.3) is 10.9 Å². The third-order valence-corrected chi connectivity index (χ3v) is 2.86. The van der Waals surface area contributed by atoms with E-state index in [4.69, 9.17) is 5.73 Å². The number of nitrogens with one attached hydrogen (secondary N) is 2. The molecular formula is C12H12N6O. The fourth-order valence-corrected chi connectivity index (χ4v) is 1.88. The highest BCUT2D eigenvalue weighted by atomic mass is 16.2. The number of aromatic nitrogens is 4. The Balaban J connectivity index is 1.98. The number of rotatable bonds is 2. The first-order chi connectivity index (χ1) is 9.15. The van der Waals surface area contributed by atoms with Crippen molar-refractivity contribution in [2.75, 3.05) is 11.1 Å². The molecule has 0 aliphatic heterocycles. The van der Waals surface area contributed by atoms with Crippen molar-refractivity contribution < 1.29 is 4.79 Å². The minimum absolute atomic E-state index is 0.305. The van der Waals surface area contributed by atoms with Gasteiger partial charge in [0.1, 0.15) is 5.82 Å². The van der Waals surface area contributed by atoms with E-state index in [-0.39, 0.29) is 5.91 Å². The number of amides is 1. The van der Waals surface area contributed by atoms with Gasteiger partial charge in [-0.3, -0.25) is 14.6 Å². The number of anilines is 2. The number of hydrogen-bond donors (Lipinski definition) is 3. The summed E-state index contributed by atoms with van der Waals surface area (Å²) in [6, 6.07) is 6.97. The number of nitrogen functional groups attached to an aromatic ring is 1. The highest BCUT2D eigenvalue weighted by molar-refractivity contribution is 6.11. The lowest BCUT2D eigenvalue weighted by Gasteiger charge is -2.03. The summed E-state index contributed by atoms with van der Waals surface area (Å²) < 4.78 is 1.57. The van der Waals surface area contributed by atoms with Crippen LogP contribution in [0.15, 0.2) is 30.5 Å². The number of aromatic amines is 1. The molecule has 19 heavy (non-hydrogen) atoms. The summed E-state index contributed by atoms with van der Waals surface area (Å²) in [6.07, 6.45) is 1.61. The van der Waals surface area contributed by atoms with Crippen molar-refractivity contribution >= 4 is 28.3 Å². The molecule has 4 N–H and O–H groups in total. The van der Waals surface area contributed by atoms with E-state index < -0.39 is 0 Å². The molecule has 0 atom stereocenters. The minimum atomic E-state index is -0.305. The van der Waals surface area contributed by atoms with E-state index in [0.717, 1.165) is 5.52 Å². The van der Waals surface area contributed by atoms with E-state index in [2.05, 4.69) is 20.6 Å². The zero-order chi connectivity index (χ0) is 13.4. The SMILES string of the molecule is Cn1nccc1NC(=O)c1n[nH]c2ccc(N)cc12. The first-order valence-electron chi connectivity index (χ1n) is 5.68. The molecule has 0 fully saturated rings. The van der Waals surface area contributed by atoms with Gasteiger partial charge in [-0.2, -0.15) is 10.2 Å². The molecule has 0 aliphatic carbocycles. The van der Waals surface area contributed by atoms with Crippen LogP contribution in [0.3, 0.4) is 0 Å². The molecular weight excluding hydrogens is 244 g/mol. The molecule has 0 radical (unpaired) electrons. The summed E-state index contributed by atoms with van der Waals surface area (Å²) in [6.45, 7) is 0. The van der Waals surface area contributed by atoms with Gasteiger partial charge in [-0.1, -0.05) is 0 Å². The predicted molar refractivity (Wildman–Crippen MR) is 71.7 cm³/mol. The maximum Gasteiger partial charge on any atom is 0.277 e. The Labute approximate surface area is 108 Å². The number of aryl methyl sites for hydroxylation is 1. The molecule has 0 saturated heterocycles. The Hall–Kier alpha value is -2.83. The van der Waals surface area contributed by atoms with Crippen molar-refractivity contribution in [1.29, 1.82) is 0 Å². The number of nitrogens with two attached hydrogens (primary N) is 1. The van der Waals surface area contributed by atoms with Crippen molar-refractivity contribution in [3.63, 3.8) is 0 Å². The lowest BCUT2D eigenvalue weighted by molar-refractivity contribution is 0.102. The Morgan fingerprint density at radius 1 is 1.42 bits per heavy atom. The minimum Gasteiger partial charge on any atom is -0.399 e. The maximum atomic E-state index is 12.2. The second-order valence-electron chi connectivity index (χ2n) is 4.17. The monoisotopic (exact) mass is 256 g/mol. The highest BCUT2D eigenvalue weighted by Crippen LogP contribution is 2.19. The van der Waals surface area contributed by atoms with Crippen molar-refractivity contribution in [1.82, 2.24) is 20.0 Å². The summed E-state index contributed by atoms with van der Waals surface area (Å²) in [5.41, 5.74) is 7.39. The van der Waals surface area contributed by atoms with Crippen LogP contribution in [0.1, 0.15) is 10.5 Å². The number of nitrogens with zero attached hydrogens (tertiary/aromatic N) is 3. The quantitative estimate of drug-likeness (QED) is 0.598. The molecule has 2 aromatic heterocycles. The molecule has 2 heterocycles. The lowest BCUT2D eigenvalue weighted by atomic mass is 10.2. The van der Waals surface area contributed by atoms with Gasteiger partial charge >= 0.3 is 0 Å². The fraction of sp³-hybridized carbons (Fsp3) is 0.0833. The molecule has 0 spiro atoms. The predicted octanol–water partition coefficient (Wildman–Crippen LogP) is 1.13. The average Bonchev–Trinajstić information content (AvgIpc) is 2.96. The number of H-pyrrole nitrogens is 1. The Morgan fingerprint density at radius 3 is 3.00 bits per heavy atom. The molecule has 96 valence electrons. The van der Waals surface area contributed by atoms with Gasteiger partial charge in [-0.05, 0) is 18.2 Å². The molecule has 3 rings (SSSR count). The number of benzene rings is 1. The van der Waals surface area contributed by atoms with Crippen molar-refractivity contribution in [3.8, 4) is 0 Å². The van der Waals surface area contributed by atoms with Gasteiger partial charge in [0.15, 0.2) is 5.69 Å². The molecule has 7 nitrogen and oxygen atoms in total. The van der Waals surface area contributed by atoms with Gasteiger partial charge in [0.25, 0.3) is 5.91 Å². The van der Waals surface area contributed by atoms with E-state index in [1.165, 1.54) is 0 Å². The van der Waals surface area contributed by atoms with E-state index in [9.17, 15) is 4.79 Å². The smallest absolute Gasteiger partial charge is 0.277 e. The topological polar surface area (TPSA) is 102 Å². The van der Waals surface area contributed by atoms with Crippen LogP contribution in [-0.2, 0) is 7.05 Å². The summed E-state index contributed by atoms with van der Waals surface area (Å²) >= 11 is 0. The van der Waals surface area contributed by atoms with Crippen LogP contribution in [0.5, 0.6) is 0 Å². The number of carbonyl (C=O) groups is 1. The summed E-state index contributed by atoms with van der Waals surface area (Å²) in [4.78, 5) is 12.2. The fourth-order valence-electron chi connectivity index (χ4n) is 1.88. The summed E-state index contributed by atoms with van der Waals surface area (Å²) in [5.74, 6) is 0.297. The highest BCUT2D eigenvalue weighted by Gasteiger charge is 2.15. The van der Waals surface area contributed by atoms with Crippen LogP contribution in [0, 0.1) is 0 Å². The van der Waals surface area contributed by atoms with Crippen molar-refractivity contribution in [3.05, 3.63) is 36.2 Å². The first kappa shape index (κ1) is 11.3. The van der Waals surface area contributed by atoms with E-state index >= 15 is 0 Å². The van der Waals surface area contributed by atoms with E-state index in [1.807, 2.05) is 0 Å². The van der Waals surface area contributed by atoms with Gasteiger partial charge in [0, 0.05) is 24.2 Å². The van der Waals surface area contributed by atoms with Crippen LogP contribution in [0.4, 0.5) is 11.5 Å². The number of fused-ring (bicyclic) bond motifs is 1. The standard InChI is InChI=1S/C12H12N6O/c1-18-10(4-5-14-18)15-12(19)11-8-6-7(13)2-3-9(8)16-17-11/h2-6H,13H2,1H3,(H,15,19)(H,16,17). The van der Waals surface area contributed by atoms with Crippen LogP contribution in [0.2, 0.25) is 0 Å². The van der Waals surface area contributed by atoms with Gasteiger partial charge in [-0.15, -0.1) is 0 Å². The average molecular weight is 256 g/mol. The summed E-state index contributed by atoms with van der Waals surface area (Å²) in [5, 5.41) is 14.2. The second kappa shape index (κ2) is 4.13. The molecule has 3 aromatic rings. The molecule has 0 aliphatic rings. The number of hydrogen-bond acceptors (Lipinski definition) is 4. The maximum absolute atomic E-state index is 12.2. The molecule has 1 aromatic carbocycles. The third-order valence-electron chi connectivity index (χ3n) is 2.86. The van der Waals surface area contributed by atoms with E-state index in [1.54, 1.807) is 42.2 Å². The first-order valence-corrected chi connectivity index (χ1v) is 5.68. The Kier molecular flexibility index (Phi) is 2.45. The van der Waals surface area contributed by atoms with Gasteiger partial charge in [0.05, 0.1) is 11.7 Å². The summed E-state index contributed by atoms with van der Waals surface area (Å²) in [7, 11) is 1.75. The van der Waals surface area contributed by atoms with Gasteiger partial charge in [0.2, 0.25) is 0 Å². The second-order valence-corrected chi connectivity index (χ2v) is 4.17. The molecule has 7 heteroatoms. The van der Waals surface area contributed by atoms with Gasteiger partial charge < -0.3 is 11.1 Å². The lowest BCUT2D eigenvalue weighted by Crippen LogP contribution is -2.15. The van der Waals surface area contributed by atoms with Crippen LogP contribution >= 0.6 is 0 Å². The molecule has 0 saturated carbocycles. The van der Waals surface area contributed by atoms with Crippen molar-refractivity contribution in [2.45, 2.75) is 0 Å². The van der Waals surface area contributed by atoms with Crippen LogP contribution in [-0.4, -0.2) is 25.9 Å². The third kappa shape index (κ3) is 1.90. The zero-order valence-electron chi connectivity index (χ0n) is 10.2. The normalized spacial score (nSPS) is 10.8.